The summed E-state index contributed by atoms with van der Waals surface area (Å²) in [6, 6.07) is 12.5. The minimum absolute atomic E-state index is 0.0957. The van der Waals surface area contributed by atoms with Gasteiger partial charge in [0.05, 0.1) is 0 Å². The fraction of sp³-hybridized carbons (Fsp3) is 0.188. The van der Waals surface area contributed by atoms with Crippen molar-refractivity contribution in [3.05, 3.63) is 70.5 Å². The monoisotopic (exact) mass is 287 g/mol. The van der Waals surface area contributed by atoms with Gasteiger partial charge in [-0.1, -0.05) is 41.1 Å². The summed E-state index contributed by atoms with van der Waals surface area (Å²) in [5.41, 5.74) is 9.12. The van der Waals surface area contributed by atoms with Gasteiger partial charge in [-0.05, 0) is 30.2 Å². The first-order chi connectivity index (χ1) is 10.1. The second-order valence-corrected chi connectivity index (χ2v) is 4.88. The highest BCUT2D eigenvalue weighted by Gasteiger charge is 2.08. The van der Waals surface area contributed by atoms with Crippen LogP contribution in [-0.4, -0.2) is 11.0 Å². The minimum Gasteiger partial charge on any atom is -0.409 e. The maximum absolute atomic E-state index is 13.3. The lowest BCUT2D eigenvalue weighted by atomic mass is 10.1. The average molecular weight is 287 g/mol. The molecule has 2 aromatic carbocycles. The van der Waals surface area contributed by atoms with E-state index >= 15 is 0 Å². The number of oxime groups is 1. The summed E-state index contributed by atoms with van der Waals surface area (Å²) < 4.78 is 13.3. The van der Waals surface area contributed by atoms with Crippen LogP contribution < -0.4 is 11.1 Å². The number of nitrogens with one attached hydrogen (secondary N) is 1. The molecule has 4 N–H and O–H groups in total. The number of hydrogen-bond donors (Lipinski definition) is 3. The molecule has 0 heterocycles. The van der Waals surface area contributed by atoms with E-state index in [0.717, 1.165) is 11.1 Å². The molecule has 2 aromatic rings. The lowest BCUT2D eigenvalue weighted by Crippen LogP contribution is -2.20. The van der Waals surface area contributed by atoms with Crippen LogP contribution in [0.5, 0.6) is 0 Å². The van der Waals surface area contributed by atoms with Gasteiger partial charge in [-0.3, -0.25) is 0 Å². The van der Waals surface area contributed by atoms with Gasteiger partial charge < -0.3 is 16.3 Å². The third-order valence-corrected chi connectivity index (χ3v) is 3.22. The first-order valence-electron chi connectivity index (χ1n) is 6.62. The van der Waals surface area contributed by atoms with Gasteiger partial charge in [0.1, 0.15) is 5.82 Å². The number of benzene rings is 2. The van der Waals surface area contributed by atoms with Crippen LogP contribution in [-0.2, 0) is 13.1 Å². The summed E-state index contributed by atoms with van der Waals surface area (Å²) in [4.78, 5) is 0. The lowest BCUT2D eigenvalue weighted by Gasteiger charge is -2.10. The largest absolute Gasteiger partial charge is 0.409 e. The van der Waals surface area contributed by atoms with Crippen molar-refractivity contribution in [2.45, 2.75) is 20.0 Å². The van der Waals surface area contributed by atoms with Crippen molar-refractivity contribution in [2.75, 3.05) is 0 Å². The molecule has 2 rings (SSSR count). The summed E-state index contributed by atoms with van der Waals surface area (Å²) in [6.07, 6.45) is 0. The summed E-state index contributed by atoms with van der Waals surface area (Å²) in [7, 11) is 0. The molecule has 0 aliphatic carbocycles. The Morgan fingerprint density at radius 2 is 1.90 bits per heavy atom. The Bertz CT molecular complexity index is 638. The SMILES string of the molecule is Cc1ccc(CNCc2ccc(F)cc2C(N)=NO)cc1. The van der Waals surface area contributed by atoms with Crippen molar-refractivity contribution >= 4 is 5.84 Å². The Morgan fingerprint density at radius 3 is 2.57 bits per heavy atom. The molecule has 0 amide bonds. The number of nitrogens with zero attached hydrogens (tertiary/aromatic N) is 1. The van der Waals surface area contributed by atoms with Crippen LogP contribution in [0.15, 0.2) is 47.6 Å². The van der Waals surface area contributed by atoms with E-state index in [0.29, 0.717) is 18.7 Å². The molecule has 0 aromatic heterocycles. The number of nitrogens with two attached hydrogens (primary N) is 1. The Labute approximate surface area is 123 Å². The van der Waals surface area contributed by atoms with E-state index in [2.05, 4.69) is 34.7 Å². The van der Waals surface area contributed by atoms with E-state index in [1.807, 2.05) is 6.92 Å². The second kappa shape index (κ2) is 6.85. The molecule has 0 bridgehead atoms. The Hall–Kier alpha value is -2.40. The number of amidine groups is 1. The second-order valence-electron chi connectivity index (χ2n) is 4.88. The van der Waals surface area contributed by atoms with Crippen LogP contribution in [0.4, 0.5) is 4.39 Å². The smallest absolute Gasteiger partial charge is 0.170 e. The van der Waals surface area contributed by atoms with Gasteiger partial charge >= 0.3 is 0 Å². The molecule has 5 heteroatoms. The van der Waals surface area contributed by atoms with Crippen LogP contribution in [0.1, 0.15) is 22.3 Å². The highest BCUT2D eigenvalue weighted by Crippen LogP contribution is 2.12. The standard InChI is InChI=1S/C16H18FN3O/c1-11-2-4-12(5-3-11)9-19-10-13-6-7-14(17)8-15(13)16(18)20-21/h2-8,19,21H,9-10H2,1H3,(H2,18,20). The zero-order chi connectivity index (χ0) is 15.2. The first-order valence-corrected chi connectivity index (χ1v) is 6.62. The van der Waals surface area contributed by atoms with Crippen molar-refractivity contribution in [1.29, 1.82) is 0 Å². The Kier molecular flexibility index (Phi) is 4.90. The van der Waals surface area contributed by atoms with E-state index < -0.39 is 5.82 Å². The molecular formula is C16H18FN3O. The Morgan fingerprint density at radius 1 is 1.19 bits per heavy atom. The van der Waals surface area contributed by atoms with Gasteiger partial charge in [-0.2, -0.15) is 0 Å². The summed E-state index contributed by atoms with van der Waals surface area (Å²) in [6.45, 7) is 3.23. The van der Waals surface area contributed by atoms with Crippen LogP contribution in [0.3, 0.4) is 0 Å². The van der Waals surface area contributed by atoms with E-state index in [1.165, 1.54) is 17.7 Å². The molecule has 0 aliphatic rings. The van der Waals surface area contributed by atoms with Crippen molar-refractivity contribution in [3.8, 4) is 0 Å². The highest BCUT2D eigenvalue weighted by molar-refractivity contribution is 5.98. The summed E-state index contributed by atoms with van der Waals surface area (Å²) in [5, 5.41) is 15.0. The maximum Gasteiger partial charge on any atom is 0.170 e. The van der Waals surface area contributed by atoms with Gasteiger partial charge in [0.15, 0.2) is 5.84 Å². The summed E-state index contributed by atoms with van der Waals surface area (Å²) >= 11 is 0. The quantitative estimate of drug-likeness (QED) is 0.342. The normalized spacial score (nSPS) is 11.6. The van der Waals surface area contributed by atoms with Gasteiger partial charge in [0.25, 0.3) is 0 Å². The van der Waals surface area contributed by atoms with Gasteiger partial charge in [0.2, 0.25) is 0 Å². The molecule has 0 radical (unpaired) electrons. The van der Waals surface area contributed by atoms with E-state index in [-0.39, 0.29) is 5.84 Å². The van der Waals surface area contributed by atoms with Gasteiger partial charge in [0, 0.05) is 18.7 Å². The molecule has 0 saturated heterocycles. The molecule has 0 atom stereocenters. The number of halogens is 1. The number of aryl methyl sites for hydroxylation is 1. The Balaban J connectivity index is 2.04. The predicted molar refractivity (Wildman–Crippen MR) is 80.6 cm³/mol. The first kappa shape index (κ1) is 15.0. The number of hydrogen-bond acceptors (Lipinski definition) is 3. The maximum atomic E-state index is 13.3. The third kappa shape index (κ3) is 4.03. The molecule has 0 fully saturated rings. The molecule has 21 heavy (non-hydrogen) atoms. The fourth-order valence-electron chi connectivity index (χ4n) is 2.04. The van der Waals surface area contributed by atoms with E-state index in [9.17, 15) is 4.39 Å². The highest BCUT2D eigenvalue weighted by atomic mass is 19.1. The zero-order valence-electron chi connectivity index (χ0n) is 11.8. The molecule has 4 nitrogen and oxygen atoms in total. The van der Waals surface area contributed by atoms with Crippen molar-refractivity contribution < 1.29 is 9.60 Å². The van der Waals surface area contributed by atoms with Crippen LogP contribution in [0, 0.1) is 12.7 Å². The molecule has 0 aliphatic heterocycles. The van der Waals surface area contributed by atoms with Crippen molar-refractivity contribution in [2.24, 2.45) is 10.9 Å². The van der Waals surface area contributed by atoms with Gasteiger partial charge in [-0.15, -0.1) is 0 Å². The molecule has 110 valence electrons. The average Bonchev–Trinajstić information content (AvgIpc) is 2.50. The van der Waals surface area contributed by atoms with Crippen molar-refractivity contribution in [1.82, 2.24) is 5.32 Å². The molecule has 0 spiro atoms. The van der Waals surface area contributed by atoms with E-state index in [4.69, 9.17) is 10.9 Å². The predicted octanol–water partition coefficient (Wildman–Crippen LogP) is 2.52. The fourth-order valence-corrected chi connectivity index (χ4v) is 2.04. The lowest BCUT2D eigenvalue weighted by molar-refractivity contribution is 0.318. The van der Waals surface area contributed by atoms with Crippen LogP contribution in [0.2, 0.25) is 0 Å². The summed E-state index contributed by atoms with van der Waals surface area (Å²) in [5.74, 6) is -0.513. The van der Waals surface area contributed by atoms with Crippen molar-refractivity contribution in [3.63, 3.8) is 0 Å². The third-order valence-electron chi connectivity index (χ3n) is 3.22. The van der Waals surface area contributed by atoms with Crippen LogP contribution >= 0.6 is 0 Å². The van der Waals surface area contributed by atoms with E-state index in [1.54, 1.807) is 6.07 Å². The van der Waals surface area contributed by atoms with Gasteiger partial charge in [-0.25, -0.2) is 4.39 Å². The minimum atomic E-state index is -0.418. The molecule has 0 unspecified atom stereocenters. The van der Waals surface area contributed by atoms with Crippen LogP contribution in [0.25, 0.3) is 0 Å². The molecular weight excluding hydrogens is 269 g/mol. The topological polar surface area (TPSA) is 70.6 Å². The zero-order valence-corrected chi connectivity index (χ0v) is 11.8. The number of rotatable bonds is 5. The molecule has 0 saturated carbocycles.